The zero-order valence-electron chi connectivity index (χ0n) is 16.6. The molecule has 0 saturated heterocycles. The number of halogens is 1. The summed E-state index contributed by atoms with van der Waals surface area (Å²) in [6.07, 6.45) is 1.82. The van der Waals surface area contributed by atoms with E-state index in [-0.39, 0.29) is 24.6 Å². The molecule has 2 amide bonds. The van der Waals surface area contributed by atoms with Gasteiger partial charge in [0.25, 0.3) is 5.91 Å². The van der Waals surface area contributed by atoms with Crippen molar-refractivity contribution in [3.05, 3.63) is 89.2 Å². The van der Waals surface area contributed by atoms with Gasteiger partial charge in [-0.1, -0.05) is 40.2 Å². The molecule has 1 aliphatic heterocycles. The maximum atomic E-state index is 13.6. The molecular weight excluding hydrogens is 458 g/mol. The highest BCUT2D eigenvalue weighted by Gasteiger charge is 2.37. The number of nitrogens with two attached hydrogens (primary N) is 1. The first-order chi connectivity index (χ1) is 15.0. The third-order valence-electron chi connectivity index (χ3n) is 4.94. The summed E-state index contributed by atoms with van der Waals surface area (Å²) in [6.45, 7) is 0.271. The van der Waals surface area contributed by atoms with Crippen LogP contribution in [-0.2, 0) is 16.1 Å². The maximum absolute atomic E-state index is 13.6. The number of benzene rings is 2. The molecule has 31 heavy (non-hydrogen) atoms. The summed E-state index contributed by atoms with van der Waals surface area (Å²) in [6, 6.07) is 21.5. The molecule has 0 radical (unpaired) electrons. The molecule has 3 aromatic rings. The standard InChI is InChI=1S/C23H20BrN5O2/c24-16-9-11-18(12-10-16)28(15-17-6-4-5-13-26-17)23(31)20-14-21(22(25)30)29(27-20)19-7-2-1-3-8-19/h1-13,21H,14-15H2,(H2,25,30). The van der Waals surface area contributed by atoms with E-state index < -0.39 is 11.9 Å². The number of anilines is 2. The molecule has 7 nitrogen and oxygen atoms in total. The molecule has 2 aromatic carbocycles. The van der Waals surface area contributed by atoms with E-state index in [4.69, 9.17) is 5.73 Å². The molecule has 156 valence electrons. The minimum Gasteiger partial charge on any atom is -0.368 e. The Morgan fingerprint density at radius 1 is 1.03 bits per heavy atom. The van der Waals surface area contributed by atoms with Crippen LogP contribution in [0.1, 0.15) is 12.1 Å². The Hall–Kier alpha value is -3.52. The summed E-state index contributed by atoms with van der Waals surface area (Å²) in [5.74, 6) is -0.826. The Balaban J connectivity index is 1.68. The summed E-state index contributed by atoms with van der Waals surface area (Å²) < 4.78 is 0.906. The molecule has 2 heterocycles. The average Bonchev–Trinajstić information content (AvgIpc) is 3.25. The van der Waals surface area contributed by atoms with Crippen LogP contribution in [0, 0.1) is 0 Å². The fraction of sp³-hybridized carbons (Fsp3) is 0.130. The van der Waals surface area contributed by atoms with Gasteiger partial charge in [0, 0.05) is 22.8 Å². The van der Waals surface area contributed by atoms with Crippen molar-refractivity contribution >= 4 is 44.8 Å². The lowest BCUT2D eigenvalue weighted by Gasteiger charge is -2.22. The predicted octanol–water partition coefficient (Wildman–Crippen LogP) is 3.50. The molecule has 1 aliphatic rings. The van der Waals surface area contributed by atoms with Crippen molar-refractivity contribution in [3.63, 3.8) is 0 Å². The molecule has 0 saturated carbocycles. The second-order valence-corrected chi connectivity index (χ2v) is 7.95. The molecule has 0 aliphatic carbocycles. The van der Waals surface area contributed by atoms with Crippen molar-refractivity contribution in [2.45, 2.75) is 19.0 Å². The first-order valence-corrected chi connectivity index (χ1v) is 10.5. The quantitative estimate of drug-likeness (QED) is 0.587. The summed E-state index contributed by atoms with van der Waals surface area (Å²) in [5, 5.41) is 6.02. The van der Waals surface area contributed by atoms with E-state index in [1.54, 1.807) is 11.1 Å². The van der Waals surface area contributed by atoms with Crippen LogP contribution in [0.25, 0.3) is 0 Å². The zero-order chi connectivity index (χ0) is 21.8. The topological polar surface area (TPSA) is 91.9 Å². The predicted molar refractivity (Wildman–Crippen MR) is 124 cm³/mol. The van der Waals surface area contributed by atoms with Crippen molar-refractivity contribution in [1.29, 1.82) is 0 Å². The molecule has 0 fully saturated rings. The second kappa shape index (κ2) is 9.09. The Bertz CT molecular complexity index is 1100. The van der Waals surface area contributed by atoms with Gasteiger partial charge >= 0.3 is 0 Å². The van der Waals surface area contributed by atoms with E-state index in [2.05, 4.69) is 26.0 Å². The summed E-state index contributed by atoms with van der Waals surface area (Å²) in [4.78, 5) is 31.6. The van der Waals surface area contributed by atoms with Crippen molar-refractivity contribution in [3.8, 4) is 0 Å². The van der Waals surface area contributed by atoms with Gasteiger partial charge in [0.05, 0.1) is 17.9 Å². The van der Waals surface area contributed by atoms with Gasteiger partial charge in [-0.2, -0.15) is 5.10 Å². The SMILES string of the molecule is NC(=O)C1CC(C(=O)N(Cc2ccccn2)c2ccc(Br)cc2)=NN1c1ccccc1. The van der Waals surface area contributed by atoms with Crippen LogP contribution in [0.5, 0.6) is 0 Å². The largest absolute Gasteiger partial charge is 0.368 e. The Morgan fingerprint density at radius 2 is 1.74 bits per heavy atom. The van der Waals surface area contributed by atoms with Crippen LogP contribution in [0.3, 0.4) is 0 Å². The Kier molecular flexibility index (Phi) is 6.08. The number of amides is 2. The Morgan fingerprint density at radius 3 is 2.39 bits per heavy atom. The number of primary amides is 1. The van der Waals surface area contributed by atoms with Gasteiger partial charge in [0.2, 0.25) is 5.91 Å². The molecule has 1 aromatic heterocycles. The number of carbonyl (C=O) groups is 2. The van der Waals surface area contributed by atoms with Gasteiger partial charge < -0.3 is 10.6 Å². The van der Waals surface area contributed by atoms with Crippen molar-refractivity contribution in [1.82, 2.24) is 4.98 Å². The van der Waals surface area contributed by atoms with Crippen LogP contribution in [-0.4, -0.2) is 28.6 Å². The normalized spacial score (nSPS) is 15.5. The highest BCUT2D eigenvalue weighted by molar-refractivity contribution is 9.10. The average molecular weight is 478 g/mol. The summed E-state index contributed by atoms with van der Waals surface area (Å²) in [7, 11) is 0. The number of hydrogen-bond acceptors (Lipinski definition) is 5. The number of hydrazone groups is 1. The zero-order valence-corrected chi connectivity index (χ0v) is 18.1. The number of para-hydroxylation sites is 1. The molecule has 1 atom stereocenters. The monoisotopic (exact) mass is 477 g/mol. The lowest BCUT2D eigenvalue weighted by Crippen LogP contribution is -2.40. The fourth-order valence-corrected chi connectivity index (χ4v) is 3.65. The van der Waals surface area contributed by atoms with Gasteiger partial charge in [-0.15, -0.1) is 0 Å². The summed E-state index contributed by atoms with van der Waals surface area (Å²) in [5.41, 5.74) is 8.04. The van der Waals surface area contributed by atoms with Crippen molar-refractivity contribution in [2.24, 2.45) is 10.8 Å². The van der Waals surface area contributed by atoms with E-state index in [0.717, 1.165) is 10.2 Å². The van der Waals surface area contributed by atoms with E-state index >= 15 is 0 Å². The van der Waals surface area contributed by atoms with Crippen molar-refractivity contribution < 1.29 is 9.59 Å². The molecule has 0 spiro atoms. The van der Waals surface area contributed by atoms with E-state index in [1.807, 2.05) is 72.8 Å². The first kappa shape index (κ1) is 20.7. The van der Waals surface area contributed by atoms with E-state index in [1.165, 1.54) is 5.01 Å². The molecular formula is C23H20BrN5O2. The Labute approximate surface area is 188 Å². The summed E-state index contributed by atoms with van der Waals surface area (Å²) >= 11 is 3.42. The van der Waals surface area contributed by atoms with Gasteiger partial charge in [0.15, 0.2) is 0 Å². The molecule has 1 unspecified atom stereocenters. The van der Waals surface area contributed by atoms with Crippen LogP contribution >= 0.6 is 15.9 Å². The molecule has 2 N–H and O–H groups in total. The fourth-order valence-electron chi connectivity index (χ4n) is 3.39. The number of nitrogens with zero attached hydrogens (tertiary/aromatic N) is 4. The lowest BCUT2D eigenvalue weighted by atomic mass is 10.1. The third-order valence-corrected chi connectivity index (χ3v) is 5.46. The number of pyridine rings is 1. The van der Waals surface area contributed by atoms with Gasteiger partial charge in [-0.3, -0.25) is 19.6 Å². The molecule has 4 rings (SSSR count). The van der Waals surface area contributed by atoms with Crippen LogP contribution < -0.4 is 15.6 Å². The number of rotatable bonds is 6. The number of carbonyl (C=O) groups excluding carboxylic acids is 2. The number of aromatic nitrogens is 1. The lowest BCUT2D eigenvalue weighted by molar-refractivity contribution is -0.119. The van der Waals surface area contributed by atoms with Crippen LogP contribution in [0.15, 0.2) is 88.6 Å². The van der Waals surface area contributed by atoms with E-state index in [0.29, 0.717) is 11.4 Å². The highest BCUT2D eigenvalue weighted by Crippen LogP contribution is 2.27. The van der Waals surface area contributed by atoms with Crippen LogP contribution in [0.4, 0.5) is 11.4 Å². The van der Waals surface area contributed by atoms with E-state index in [9.17, 15) is 9.59 Å². The maximum Gasteiger partial charge on any atom is 0.274 e. The van der Waals surface area contributed by atoms with Gasteiger partial charge in [-0.25, -0.2) is 0 Å². The minimum absolute atomic E-state index is 0.137. The minimum atomic E-state index is -0.719. The number of hydrogen-bond donors (Lipinski definition) is 1. The van der Waals surface area contributed by atoms with Crippen molar-refractivity contribution in [2.75, 3.05) is 9.91 Å². The second-order valence-electron chi connectivity index (χ2n) is 7.04. The van der Waals surface area contributed by atoms with Gasteiger partial charge in [-0.05, 0) is 48.5 Å². The van der Waals surface area contributed by atoms with Crippen LogP contribution in [0.2, 0.25) is 0 Å². The molecule has 8 heteroatoms. The van der Waals surface area contributed by atoms with Gasteiger partial charge in [0.1, 0.15) is 11.8 Å². The first-order valence-electron chi connectivity index (χ1n) is 9.71. The smallest absolute Gasteiger partial charge is 0.274 e. The third kappa shape index (κ3) is 4.64. The highest BCUT2D eigenvalue weighted by atomic mass is 79.9. The molecule has 0 bridgehead atoms.